The van der Waals surface area contributed by atoms with E-state index in [9.17, 15) is 0 Å². The van der Waals surface area contributed by atoms with Crippen molar-refractivity contribution in [1.29, 1.82) is 0 Å². The lowest BCUT2D eigenvalue weighted by atomic mass is 10.0. The fourth-order valence-electron chi connectivity index (χ4n) is 3.42. The standard InChI is InChI=1S/C23H23NS2/c1-24(2)15-17-8-7-10-19(14-17)26-23-20-11-4-3-9-18(20)16-25-22-13-6-5-12-21(22)23/h3-14,23H,15-16H2,1-2H3/t23-/m1/s1. The van der Waals surface area contributed by atoms with Gasteiger partial charge >= 0.3 is 0 Å². The minimum absolute atomic E-state index is 0.340. The van der Waals surface area contributed by atoms with Crippen molar-refractivity contribution in [2.45, 2.75) is 27.3 Å². The third-order valence-corrected chi connectivity index (χ3v) is 6.98. The van der Waals surface area contributed by atoms with E-state index in [2.05, 4.69) is 91.8 Å². The van der Waals surface area contributed by atoms with E-state index in [4.69, 9.17) is 0 Å². The van der Waals surface area contributed by atoms with Crippen molar-refractivity contribution < 1.29 is 0 Å². The SMILES string of the molecule is CN(C)Cc1cccc(S[C@@H]2c3ccccc3CSc3ccccc32)c1. The normalized spacial score (nSPS) is 16.0. The molecule has 1 aliphatic heterocycles. The Hall–Kier alpha value is -1.68. The van der Waals surface area contributed by atoms with Crippen LogP contribution in [0, 0.1) is 0 Å². The van der Waals surface area contributed by atoms with Gasteiger partial charge in [-0.05, 0) is 54.5 Å². The largest absolute Gasteiger partial charge is 0.305 e. The Labute approximate surface area is 164 Å². The van der Waals surface area contributed by atoms with Gasteiger partial charge in [-0.25, -0.2) is 0 Å². The molecule has 0 aromatic heterocycles. The molecule has 0 N–H and O–H groups in total. The zero-order valence-corrected chi connectivity index (χ0v) is 16.8. The van der Waals surface area contributed by atoms with E-state index in [-0.39, 0.29) is 0 Å². The van der Waals surface area contributed by atoms with Gasteiger partial charge in [0.1, 0.15) is 0 Å². The molecule has 26 heavy (non-hydrogen) atoms. The Balaban J connectivity index is 1.74. The highest BCUT2D eigenvalue weighted by atomic mass is 32.2. The Morgan fingerprint density at radius 3 is 2.54 bits per heavy atom. The lowest BCUT2D eigenvalue weighted by Gasteiger charge is -2.20. The maximum atomic E-state index is 2.34. The maximum absolute atomic E-state index is 2.34. The van der Waals surface area contributed by atoms with E-state index in [0.717, 1.165) is 12.3 Å². The van der Waals surface area contributed by atoms with Crippen LogP contribution in [0.1, 0.15) is 27.5 Å². The summed E-state index contributed by atoms with van der Waals surface area (Å²) in [5.74, 6) is 1.05. The summed E-state index contributed by atoms with van der Waals surface area (Å²) in [5, 5.41) is 0.340. The van der Waals surface area contributed by atoms with E-state index in [0.29, 0.717) is 5.25 Å². The number of thioether (sulfide) groups is 2. The molecule has 0 spiro atoms. The van der Waals surface area contributed by atoms with Gasteiger partial charge in [0.15, 0.2) is 0 Å². The van der Waals surface area contributed by atoms with Crippen molar-refractivity contribution in [3.8, 4) is 0 Å². The average Bonchev–Trinajstić information content (AvgIpc) is 2.80. The maximum Gasteiger partial charge on any atom is 0.0607 e. The number of nitrogens with zero attached hydrogens (tertiary/aromatic N) is 1. The van der Waals surface area contributed by atoms with Crippen molar-refractivity contribution in [3.05, 3.63) is 95.1 Å². The molecule has 0 unspecified atom stereocenters. The number of rotatable bonds is 4. The van der Waals surface area contributed by atoms with Crippen molar-refractivity contribution in [2.75, 3.05) is 14.1 Å². The predicted octanol–water partition coefficient (Wildman–Crippen LogP) is 6.24. The first-order valence-electron chi connectivity index (χ1n) is 8.90. The van der Waals surface area contributed by atoms with Crippen molar-refractivity contribution in [1.82, 2.24) is 4.90 Å². The van der Waals surface area contributed by atoms with Gasteiger partial charge in [-0.15, -0.1) is 23.5 Å². The Morgan fingerprint density at radius 2 is 1.69 bits per heavy atom. The van der Waals surface area contributed by atoms with Crippen LogP contribution in [0.2, 0.25) is 0 Å². The van der Waals surface area contributed by atoms with Crippen molar-refractivity contribution in [2.24, 2.45) is 0 Å². The van der Waals surface area contributed by atoms with E-state index in [1.165, 1.54) is 32.0 Å². The zero-order chi connectivity index (χ0) is 17.9. The van der Waals surface area contributed by atoms with E-state index < -0.39 is 0 Å². The van der Waals surface area contributed by atoms with Crippen LogP contribution >= 0.6 is 23.5 Å². The molecule has 1 nitrogen and oxygen atoms in total. The number of hydrogen-bond acceptors (Lipinski definition) is 3. The van der Waals surface area contributed by atoms with Crippen LogP contribution in [-0.2, 0) is 12.3 Å². The van der Waals surface area contributed by atoms with Crippen LogP contribution in [0.3, 0.4) is 0 Å². The van der Waals surface area contributed by atoms with Gasteiger partial charge in [-0.2, -0.15) is 0 Å². The summed E-state index contributed by atoms with van der Waals surface area (Å²) < 4.78 is 0. The van der Waals surface area contributed by atoms with Crippen molar-refractivity contribution >= 4 is 23.5 Å². The summed E-state index contributed by atoms with van der Waals surface area (Å²) in [4.78, 5) is 4.97. The Bertz CT molecular complexity index is 856. The summed E-state index contributed by atoms with van der Waals surface area (Å²) in [6, 6.07) is 26.8. The summed E-state index contributed by atoms with van der Waals surface area (Å²) in [6.45, 7) is 0.974. The monoisotopic (exact) mass is 377 g/mol. The molecule has 0 aliphatic carbocycles. The first kappa shape index (κ1) is 17.7. The third kappa shape index (κ3) is 3.85. The van der Waals surface area contributed by atoms with Gasteiger partial charge in [-0.1, -0.05) is 54.6 Å². The van der Waals surface area contributed by atoms with Gasteiger partial charge in [0.05, 0.1) is 5.25 Å². The fourth-order valence-corrected chi connectivity index (χ4v) is 5.93. The van der Waals surface area contributed by atoms with Gasteiger partial charge in [0.2, 0.25) is 0 Å². The van der Waals surface area contributed by atoms with Crippen LogP contribution in [-0.4, -0.2) is 19.0 Å². The molecule has 4 rings (SSSR count). The second kappa shape index (κ2) is 7.91. The number of fused-ring (bicyclic) bond motifs is 2. The van der Waals surface area contributed by atoms with E-state index >= 15 is 0 Å². The lowest BCUT2D eigenvalue weighted by molar-refractivity contribution is 0.402. The Morgan fingerprint density at radius 1 is 0.923 bits per heavy atom. The molecule has 3 heteroatoms. The molecule has 3 aromatic rings. The summed E-state index contributed by atoms with van der Waals surface area (Å²) in [5.41, 5.74) is 5.71. The highest BCUT2D eigenvalue weighted by Gasteiger charge is 2.24. The molecular formula is C23H23NS2. The molecule has 1 atom stereocenters. The Kier molecular flexibility index (Phi) is 5.39. The first-order valence-corrected chi connectivity index (χ1v) is 10.8. The zero-order valence-electron chi connectivity index (χ0n) is 15.2. The van der Waals surface area contributed by atoms with Crippen LogP contribution in [0.5, 0.6) is 0 Å². The quantitative estimate of drug-likeness (QED) is 0.530. The fraction of sp³-hybridized carbons (Fsp3) is 0.217. The highest BCUT2D eigenvalue weighted by Crippen LogP contribution is 2.48. The van der Waals surface area contributed by atoms with Crippen molar-refractivity contribution in [3.63, 3.8) is 0 Å². The van der Waals surface area contributed by atoms with Gasteiger partial charge < -0.3 is 4.90 Å². The topological polar surface area (TPSA) is 3.24 Å². The smallest absolute Gasteiger partial charge is 0.0607 e. The van der Waals surface area contributed by atoms with Crippen LogP contribution in [0.15, 0.2) is 82.6 Å². The molecule has 0 amide bonds. The number of hydrogen-bond donors (Lipinski definition) is 0. The minimum Gasteiger partial charge on any atom is -0.305 e. The highest BCUT2D eigenvalue weighted by molar-refractivity contribution is 8.00. The molecule has 0 saturated carbocycles. The molecule has 1 aliphatic rings. The third-order valence-electron chi connectivity index (χ3n) is 4.57. The molecule has 0 radical (unpaired) electrons. The summed E-state index contributed by atoms with van der Waals surface area (Å²) in [6.07, 6.45) is 0. The second-order valence-corrected chi connectivity index (χ2v) is 9.10. The molecule has 3 aromatic carbocycles. The van der Waals surface area contributed by atoms with E-state index in [1.54, 1.807) is 0 Å². The van der Waals surface area contributed by atoms with Crippen LogP contribution in [0.25, 0.3) is 0 Å². The number of benzene rings is 3. The molecule has 0 bridgehead atoms. The molecular weight excluding hydrogens is 354 g/mol. The minimum atomic E-state index is 0.340. The van der Waals surface area contributed by atoms with Gasteiger partial charge in [0.25, 0.3) is 0 Å². The molecule has 0 saturated heterocycles. The second-order valence-electron chi connectivity index (χ2n) is 6.91. The van der Waals surface area contributed by atoms with Gasteiger partial charge in [-0.3, -0.25) is 0 Å². The van der Waals surface area contributed by atoms with Crippen LogP contribution < -0.4 is 0 Å². The summed E-state index contributed by atoms with van der Waals surface area (Å²) in [7, 11) is 4.24. The predicted molar refractivity (Wildman–Crippen MR) is 114 cm³/mol. The summed E-state index contributed by atoms with van der Waals surface area (Å²) >= 11 is 3.93. The average molecular weight is 378 g/mol. The molecule has 132 valence electrons. The molecule has 1 heterocycles. The first-order chi connectivity index (χ1) is 12.7. The van der Waals surface area contributed by atoms with Crippen LogP contribution in [0.4, 0.5) is 0 Å². The van der Waals surface area contributed by atoms with Gasteiger partial charge in [0, 0.05) is 22.1 Å². The lowest BCUT2D eigenvalue weighted by Crippen LogP contribution is -2.10. The van der Waals surface area contributed by atoms with E-state index in [1.807, 2.05) is 23.5 Å². The molecule has 0 fully saturated rings.